The van der Waals surface area contributed by atoms with E-state index in [2.05, 4.69) is 5.32 Å². The van der Waals surface area contributed by atoms with E-state index in [1.165, 1.54) is 46.8 Å². The molecule has 1 aliphatic rings. The van der Waals surface area contributed by atoms with Crippen LogP contribution in [0.1, 0.15) is 18.4 Å². The summed E-state index contributed by atoms with van der Waals surface area (Å²) < 4.78 is 65.4. The summed E-state index contributed by atoms with van der Waals surface area (Å²) in [6.45, 7) is 0.182. The number of hydrogen-bond acceptors (Lipinski definition) is 5. The fourth-order valence-electron chi connectivity index (χ4n) is 3.26. The zero-order chi connectivity index (χ0) is 22.6. The van der Waals surface area contributed by atoms with Crippen molar-refractivity contribution in [3.63, 3.8) is 0 Å². The smallest absolute Gasteiger partial charge is 0.243 e. The molecule has 1 amide bonds. The minimum Gasteiger partial charge on any atom is -0.325 e. The lowest BCUT2D eigenvalue weighted by molar-refractivity contribution is -0.116. The first kappa shape index (κ1) is 23.3. The van der Waals surface area contributed by atoms with Crippen LogP contribution in [0.5, 0.6) is 0 Å². The molecule has 0 radical (unpaired) electrons. The molecular formula is C20H24FN3O5S2. The number of anilines is 1. The van der Waals surface area contributed by atoms with E-state index in [0.717, 1.165) is 23.4 Å². The topological polar surface area (TPSA) is 104 Å². The van der Waals surface area contributed by atoms with Crippen LogP contribution >= 0.6 is 0 Å². The zero-order valence-electron chi connectivity index (χ0n) is 17.0. The quantitative estimate of drug-likeness (QED) is 0.637. The second-order valence-corrected chi connectivity index (χ2v) is 11.2. The minimum atomic E-state index is -3.78. The summed E-state index contributed by atoms with van der Waals surface area (Å²) in [6, 6.07) is 11.4. The fourth-order valence-corrected chi connectivity index (χ4v) is 5.50. The van der Waals surface area contributed by atoms with Gasteiger partial charge in [0.15, 0.2) is 0 Å². The molecule has 1 aliphatic heterocycles. The molecule has 0 unspecified atom stereocenters. The molecule has 168 valence electrons. The Kier molecular flexibility index (Phi) is 7.10. The maximum absolute atomic E-state index is 13.9. The number of benzene rings is 2. The molecule has 0 spiro atoms. The Labute approximate surface area is 181 Å². The molecular weight excluding hydrogens is 445 g/mol. The lowest BCUT2D eigenvalue weighted by Crippen LogP contribution is -2.37. The Balaban J connectivity index is 1.67. The van der Waals surface area contributed by atoms with E-state index in [4.69, 9.17) is 0 Å². The molecule has 0 atom stereocenters. The van der Waals surface area contributed by atoms with Crippen molar-refractivity contribution in [3.8, 4) is 0 Å². The molecule has 8 nitrogen and oxygen atoms in total. The van der Waals surface area contributed by atoms with Crippen molar-refractivity contribution < 1.29 is 26.0 Å². The van der Waals surface area contributed by atoms with Crippen LogP contribution in [0.3, 0.4) is 0 Å². The van der Waals surface area contributed by atoms with Gasteiger partial charge in [0.1, 0.15) is 5.82 Å². The summed E-state index contributed by atoms with van der Waals surface area (Å²) >= 11 is 0. The fraction of sp³-hybridized carbons (Fsp3) is 0.350. The zero-order valence-corrected chi connectivity index (χ0v) is 18.6. The van der Waals surface area contributed by atoms with E-state index in [1.807, 2.05) is 0 Å². The number of hydrogen-bond donors (Lipinski definition) is 1. The third-order valence-electron chi connectivity index (χ3n) is 4.93. The number of amides is 1. The normalized spacial score (nSPS) is 15.3. The van der Waals surface area contributed by atoms with Crippen molar-refractivity contribution in [2.24, 2.45) is 0 Å². The molecule has 1 saturated heterocycles. The Morgan fingerprint density at radius 1 is 1.03 bits per heavy atom. The van der Waals surface area contributed by atoms with Crippen molar-refractivity contribution in [1.82, 2.24) is 8.61 Å². The van der Waals surface area contributed by atoms with Crippen molar-refractivity contribution in [1.29, 1.82) is 0 Å². The van der Waals surface area contributed by atoms with Gasteiger partial charge in [-0.15, -0.1) is 0 Å². The highest BCUT2D eigenvalue weighted by molar-refractivity contribution is 7.89. The summed E-state index contributed by atoms with van der Waals surface area (Å²) in [6.07, 6.45) is 2.60. The van der Waals surface area contributed by atoms with Crippen LogP contribution in [-0.4, -0.2) is 57.2 Å². The number of nitrogens with one attached hydrogen (secondary N) is 1. The van der Waals surface area contributed by atoms with E-state index in [1.54, 1.807) is 6.07 Å². The summed E-state index contributed by atoms with van der Waals surface area (Å²) in [7, 11) is -7.35. The van der Waals surface area contributed by atoms with Crippen LogP contribution < -0.4 is 5.32 Å². The first-order chi connectivity index (χ1) is 14.6. The third kappa shape index (κ3) is 5.88. The largest absolute Gasteiger partial charge is 0.325 e. The number of sulfonamides is 2. The molecule has 11 heteroatoms. The van der Waals surface area contributed by atoms with Gasteiger partial charge in [-0.25, -0.2) is 21.2 Å². The molecule has 0 aliphatic carbocycles. The lowest BCUT2D eigenvalue weighted by Gasteiger charge is -2.20. The maximum Gasteiger partial charge on any atom is 0.243 e. The maximum atomic E-state index is 13.9. The van der Waals surface area contributed by atoms with Crippen LogP contribution in [0.2, 0.25) is 0 Å². The summed E-state index contributed by atoms with van der Waals surface area (Å²) in [5.41, 5.74) is 0.474. The van der Waals surface area contributed by atoms with E-state index in [9.17, 15) is 26.0 Å². The third-order valence-corrected chi connectivity index (χ3v) is 8.04. The Morgan fingerprint density at radius 2 is 1.65 bits per heavy atom. The summed E-state index contributed by atoms with van der Waals surface area (Å²) in [5, 5.41) is 2.55. The summed E-state index contributed by atoms with van der Waals surface area (Å²) in [5.74, 6) is -1.19. The predicted molar refractivity (Wildman–Crippen MR) is 115 cm³/mol. The number of carbonyl (C=O) groups excluding carboxylic acids is 1. The molecule has 0 bridgehead atoms. The van der Waals surface area contributed by atoms with Gasteiger partial charge >= 0.3 is 0 Å². The van der Waals surface area contributed by atoms with Gasteiger partial charge in [-0.3, -0.25) is 4.79 Å². The number of halogens is 1. The highest BCUT2D eigenvalue weighted by atomic mass is 32.2. The molecule has 1 fully saturated rings. The van der Waals surface area contributed by atoms with E-state index in [0.29, 0.717) is 18.8 Å². The predicted octanol–water partition coefficient (Wildman–Crippen LogP) is 2.01. The molecule has 0 saturated carbocycles. The second kappa shape index (κ2) is 9.43. The number of carbonyl (C=O) groups is 1. The summed E-state index contributed by atoms with van der Waals surface area (Å²) in [4.78, 5) is 12.5. The van der Waals surface area contributed by atoms with Crippen molar-refractivity contribution in [2.45, 2.75) is 24.3 Å². The molecule has 2 aromatic carbocycles. The number of rotatable bonds is 8. The molecule has 1 heterocycles. The highest BCUT2D eigenvalue weighted by Crippen LogP contribution is 2.22. The standard InChI is InChI=1S/C20H24FN3O5S2/c1-30(26,27)24(14-16-6-2-3-7-19(16)21)15-20(25)22-17-8-10-18(11-9-17)31(28,29)23-12-4-5-13-23/h2-3,6-11H,4-5,12-15H2,1H3,(H,22,25). The number of nitrogens with zero attached hydrogens (tertiary/aromatic N) is 2. The first-order valence-electron chi connectivity index (χ1n) is 9.66. The minimum absolute atomic E-state index is 0.129. The van der Waals surface area contributed by atoms with Gasteiger partial charge in [0.05, 0.1) is 17.7 Å². The SMILES string of the molecule is CS(=O)(=O)N(CC(=O)Nc1ccc(S(=O)(=O)N2CCCC2)cc1)Cc1ccccc1F. The molecule has 3 rings (SSSR count). The molecule has 0 aromatic heterocycles. The van der Waals surface area contributed by atoms with Gasteiger partial charge in [0.2, 0.25) is 26.0 Å². The molecule has 2 aromatic rings. The van der Waals surface area contributed by atoms with E-state index in [-0.39, 0.29) is 17.0 Å². The van der Waals surface area contributed by atoms with E-state index >= 15 is 0 Å². The second-order valence-electron chi connectivity index (χ2n) is 7.31. The molecule has 31 heavy (non-hydrogen) atoms. The van der Waals surface area contributed by atoms with Crippen molar-refractivity contribution >= 4 is 31.6 Å². The van der Waals surface area contributed by atoms with Gasteiger partial charge in [0, 0.05) is 30.9 Å². The Hall–Kier alpha value is -2.34. The van der Waals surface area contributed by atoms with Crippen molar-refractivity contribution in [2.75, 3.05) is 31.2 Å². The average Bonchev–Trinajstić information content (AvgIpc) is 3.24. The average molecular weight is 470 g/mol. The van der Waals surface area contributed by atoms with Crippen LogP contribution in [0.25, 0.3) is 0 Å². The Morgan fingerprint density at radius 3 is 2.23 bits per heavy atom. The van der Waals surface area contributed by atoms with Gasteiger partial charge in [0.25, 0.3) is 0 Å². The van der Waals surface area contributed by atoms with Crippen LogP contribution in [0.15, 0.2) is 53.4 Å². The van der Waals surface area contributed by atoms with Gasteiger partial charge in [-0.1, -0.05) is 18.2 Å². The molecule has 1 N–H and O–H groups in total. The Bertz CT molecular complexity index is 1150. The first-order valence-corrected chi connectivity index (χ1v) is 12.9. The van der Waals surface area contributed by atoms with Gasteiger partial charge in [-0.2, -0.15) is 8.61 Å². The van der Waals surface area contributed by atoms with Crippen LogP contribution in [0, 0.1) is 5.82 Å². The van der Waals surface area contributed by atoms with Crippen LogP contribution in [0.4, 0.5) is 10.1 Å². The monoisotopic (exact) mass is 469 g/mol. The highest BCUT2D eigenvalue weighted by Gasteiger charge is 2.27. The van der Waals surface area contributed by atoms with Gasteiger partial charge in [-0.05, 0) is 43.2 Å². The van der Waals surface area contributed by atoms with E-state index < -0.39 is 38.3 Å². The van der Waals surface area contributed by atoms with Gasteiger partial charge < -0.3 is 5.32 Å². The lowest BCUT2D eigenvalue weighted by atomic mass is 10.2. The van der Waals surface area contributed by atoms with Crippen molar-refractivity contribution in [3.05, 3.63) is 59.9 Å². The van der Waals surface area contributed by atoms with Crippen LogP contribution in [-0.2, 0) is 31.4 Å².